The first-order valence-electron chi connectivity index (χ1n) is 4.89. The van der Waals surface area contributed by atoms with Gasteiger partial charge in [-0.25, -0.2) is 0 Å². The Morgan fingerprint density at radius 2 is 2.25 bits per heavy atom. The molecule has 1 aromatic rings. The van der Waals surface area contributed by atoms with Crippen LogP contribution in [0.4, 0.5) is 5.69 Å². The van der Waals surface area contributed by atoms with Crippen LogP contribution in [-0.2, 0) is 4.79 Å². The van der Waals surface area contributed by atoms with Gasteiger partial charge in [0.15, 0.2) is 0 Å². The molecule has 1 rings (SSSR count). The Morgan fingerprint density at radius 3 is 2.81 bits per heavy atom. The summed E-state index contributed by atoms with van der Waals surface area (Å²) in [6.07, 6.45) is 0. The highest BCUT2D eigenvalue weighted by Gasteiger charge is 2.11. The number of aliphatic carboxylic acids is 1. The van der Waals surface area contributed by atoms with Crippen molar-refractivity contribution in [2.45, 2.75) is 6.04 Å². The minimum absolute atomic E-state index is 0.0355. The van der Waals surface area contributed by atoms with Crippen molar-refractivity contribution >= 4 is 11.7 Å². The molecule has 0 saturated carbocycles. The van der Waals surface area contributed by atoms with Gasteiger partial charge in [0, 0.05) is 25.8 Å². The third-order valence-corrected chi connectivity index (χ3v) is 2.08. The molecule has 0 spiro atoms. The van der Waals surface area contributed by atoms with Gasteiger partial charge in [0.2, 0.25) is 0 Å². The largest absolute Gasteiger partial charge is 0.491 e. The van der Waals surface area contributed by atoms with E-state index in [-0.39, 0.29) is 6.61 Å². The summed E-state index contributed by atoms with van der Waals surface area (Å²) in [6.45, 7) is -0.0355. The lowest BCUT2D eigenvalue weighted by molar-refractivity contribution is -0.139. The van der Waals surface area contributed by atoms with Crippen molar-refractivity contribution in [2.24, 2.45) is 5.73 Å². The Kier molecular flexibility index (Phi) is 4.13. The number of benzene rings is 1. The molecule has 0 radical (unpaired) electrons. The monoisotopic (exact) mass is 224 g/mol. The number of ether oxygens (including phenoxy) is 1. The topological polar surface area (TPSA) is 75.8 Å². The zero-order chi connectivity index (χ0) is 12.1. The van der Waals surface area contributed by atoms with Crippen LogP contribution in [0, 0.1) is 0 Å². The van der Waals surface area contributed by atoms with Gasteiger partial charge in [-0.05, 0) is 12.1 Å². The third-order valence-electron chi connectivity index (χ3n) is 2.08. The van der Waals surface area contributed by atoms with Gasteiger partial charge < -0.3 is 20.5 Å². The van der Waals surface area contributed by atoms with E-state index in [0.717, 1.165) is 5.69 Å². The molecule has 0 aliphatic rings. The molecule has 3 N–H and O–H groups in total. The summed E-state index contributed by atoms with van der Waals surface area (Å²) < 4.78 is 5.29. The second kappa shape index (κ2) is 5.37. The fourth-order valence-corrected chi connectivity index (χ4v) is 1.11. The maximum atomic E-state index is 10.5. The smallest absolute Gasteiger partial charge is 0.324 e. The minimum atomic E-state index is -1.07. The van der Waals surface area contributed by atoms with Crippen LogP contribution in [0.15, 0.2) is 24.3 Å². The van der Waals surface area contributed by atoms with Gasteiger partial charge in [-0.1, -0.05) is 6.07 Å². The first-order chi connectivity index (χ1) is 7.50. The SMILES string of the molecule is CN(C)c1cccc(OCC(N)C(=O)O)c1. The summed E-state index contributed by atoms with van der Waals surface area (Å²) in [7, 11) is 3.84. The van der Waals surface area contributed by atoms with Gasteiger partial charge in [0.05, 0.1) is 0 Å². The van der Waals surface area contributed by atoms with Crippen LogP contribution in [0.2, 0.25) is 0 Å². The molecule has 0 heterocycles. The van der Waals surface area contributed by atoms with E-state index in [0.29, 0.717) is 5.75 Å². The van der Waals surface area contributed by atoms with Crippen LogP contribution in [-0.4, -0.2) is 37.8 Å². The summed E-state index contributed by atoms with van der Waals surface area (Å²) >= 11 is 0. The van der Waals surface area contributed by atoms with Crippen molar-refractivity contribution in [1.82, 2.24) is 0 Å². The lowest BCUT2D eigenvalue weighted by Crippen LogP contribution is -2.36. The number of anilines is 1. The third kappa shape index (κ3) is 3.43. The maximum Gasteiger partial charge on any atom is 0.324 e. The van der Waals surface area contributed by atoms with E-state index >= 15 is 0 Å². The first-order valence-corrected chi connectivity index (χ1v) is 4.89. The molecule has 1 unspecified atom stereocenters. The van der Waals surface area contributed by atoms with Gasteiger partial charge >= 0.3 is 5.97 Å². The van der Waals surface area contributed by atoms with E-state index in [1.165, 1.54) is 0 Å². The van der Waals surface area contributed by atoms with Gasteiger partial charge in [0.1, 0.15) is 18.4 Å². The van der Waals surface area contributed by atoms with Crippen LogP contribution in [0.5, 0.6) is 5.75 Å². The standard InChI is InChI=1S/C11H16N2O3/c1-13(2)8-4-3-5-9(6-8)16-7-10(12)11(14)15/h3-6,10H,7,12H2,1-2H3,(H,14,15). The Balaban J connectivity index is 2.60. The molecular weight excluding hydrogens is 208 g/mol. The lowest BCUT2D eigenvalue weighted by atomic mass is 10.3. The summed E-state index contributed by atoms with van der Waals surface area (Å²) in [6, 6.07) is 6.37. The highest BCUT2D eigenvalue weighted by atomic mass is 16.5. The van der Waals surface area contributed by atoms with Crippen molar-refractivity contribution in [2.75, 3.05) is 25.6 Å². The molecule has 5 heteroatoms. The fraction of sp³-hybridized carbons (Fsp3) is 0.364. The van der Waals surface area contributed by atoms with Crippen LogP contribution in [0.3, 0.4) is 0 Å². The van der Waals surface area contributed by atoms with Gasteiger partial charge in [-0.15, -0.1) is 0 Å². The van der Waals surface area contributed by atoms with E-state index in [2.05, 4.69) is 0 Å². The van der Waals surface area contributed by atoms with Crippen LogP contribution in [0.25, 0.3) is 0 Å². The van der Waals surface area contributed by atoms with E-state index in [4.69, 9.17) is 15.6 Å². The Labute approximate surface area is 94.4 Å². The van der Waals surface area contributed by atoms with Gasteiger partial charge in [0.25, 0.3) is 0 Å². The van der Waals surface area contributed by atoms with E-state index in [1.54, 1.807) is 6.07 Å². The van der Waals surface area contributed by atoms with Crippen molar-refractivity contribution in [3.8, 4) is 5.75 Å². The Bertz CT molecular complexity index is 366. The summed E-state index contributed by atoms with van der Waals surface area (Å²) in [5.41, 5.74) is 6.31. The molecule has 0 aliphatic carbocycles. The molecule has 0 amide bonds. The number of rotatable bonds is 5. The average molecular weight is 224 g/mol. The highest BCUT2D eigenvalue weighted by molar-refractivity contribution is 5.73. The normalized spacial score (nSPS) is 11.9. The minimum Gasteiger partial charge on any atom is -0.491 e. The van der Waals surface area contributed by atoms with Crippen molar-refractivity contribution in [3.05, 3.63) is 24.3 Å². The highest BCUT2D eigenvalue weighted by Crippen LogP contribution is 2.19. The van der Waals surface area contributed by atoms with E-state index in [1.807, 2.05) is 37.2 Å². The molecule has 0 aromatic heterocycles. The first kappa shape index (κ1) is 12.3. The van der Waals surface area contributed by atoms with Crippen LogP contribution >= 0.6 is 0 Å². The van der Waals surface area contributed by atoms with Gasteiger partial charge in [-0.2, -0.15) is 0 Å². The molecule has 0 saturated heterocycles. The predicted molar refractivity (Wildman–Crippen MR) is 61.9 cm³/mol. The van der Waals surface area contributed by atoms with Crippen LogP contribution in [0.1, 0.15) is 0 Å². The van der Waals surface area contributed by atoms with Crippen molar-refractivity contribution in [1.29, 1.82) is 0 Å². The number of carboxylic acids is 1. The van der Waals surface area contributed by atoms with E-state index in [9.17, 15) is 4.79 Å². The Hall–Kier alpha value is -1.75. The summed E-state index contributed by atoms with van der Waals surface area (Å²) in [5, 5.41) is 8.59. The molecule has 0 fully saturated rings. The predicted octanol–water partition coefficient (Wildman–Crippen LogP) is 0.543. The lowest BCUT2D eigenvalue weighted by Gasteiger charge is -2.14. The zero-order valence-corrected chi connectivity index (χ0v) is 9.38. The number of hydrogen-bond acceptors (Lipinski definition) is 4. The number of nitrogens with two attached hydrogens (primary N) is 1. The second-order valence-corrected chi connectivity index (χ2v) is 3.65. The molecule has 16 heavy (non-hydrogen) atoms. The maximum absolute atomic E-state index is 10.5. The Morgan fingerprint density at radius 1 is 1.56 bits per heavy atom. The quantitative estimate of drug-likeness (QED) is 0.763. The molecule has 0 aliphatic heterocycles. The fourth-order valence-electron chi connectivity index (χ4n) is 1.11. The average Bonchev–Trinajstić information content (AvgIpc) is 2.26. The number of hydrogen-bond donors (Lipinski definition) is 2. The molecule has 5 nitrogen and oxygen atoms in total. The van der Waals surface area contributed by atoms with Crippen molar-refractivity contribution in [3.63, 3.8) is 0 Å². The van der Waals surface area contributed by atoms with Crippen molar-refractivity contribution < 1.29 is 14.6 Å². The molecule has 0 bridgehead atoms. The van der Waals surface area contributed by atoms with Gasteiger partial charge in [-0.3, -0.25) is 4.79 Å². The van der Waals surface area contributed by atoms with E-state index < -0.39 is 12.0 Å². The molecular formula is C11H16N2O3. The van der Waals surface area contributed by atoms with Crippen LogP contribution < -0.4 is 15.4 Å². The number of nitrogens with zero attached hydrogens (tertiary/aromatic N) is 1. The zero-order valence-electron chi connectivity index (χ0n) is 9.38. The second-order valence-electron chi connectivity index (χ2n) is 3.65. The molecule has 88 valence electrons. The molecule has 1 atom stereocenters. The summed E-state index contributed by atoms with van der Waals surface area (Å²) in [5.74, 6) is -0.452. The molecule has 1 aromatic carbocycles. The summed E-state index contributed by atoms with van der Waals surface area (Å²) in [4.78, 5) is 12.4. The number of carbonyl (C=O) groups is 1. The number of carboxylic acid groups (broad SMARTS) is 1.